The van der Waals surface area contributed by atoms with Crippen LogP contribution < -0.4 is 7.80 Å². The number of halogens is 2. The minimum atomic E-state index is 0.212. The van der Waals surface area contributed by atoms with Crippen LogP contribution in [0, 0.1) is 0 Å². The summed E-state index contributed by atoms with van der Waals surface area (Å²) in [5.41, 5.74) is 1.21. The van der Waals surface area contributed by atoms with E-state index in [0.29, 0.717) is 0 Å². The first-order valence-corrected chi connectivity index (χ1v) is 7.22. The third kappa shape index (κ3) is 4.34. The summed E-state index contributed by atoms with van der Waals surface area (Å²) >= 11 is 4.27. The number of hydrogen-bond donors (Lipinski definition) is 0. The average molecular weight is 432 g/mol. The number of rotatable bonds is 5. The van der Waals surface area contributed by atoms with Crippen LogP contribution in [0.3, 0.4) is 0 Å². The van der Waals surface area contributed by atoms with Gasteiger partial charge in [0, 0.05) is 4.43 Å². The van der Waals surface area contributed by atoms with Crippen molar-refractivity contribution in [3.05, 3.63) is 23.8 Å². The SMILES string of the molecule is CC(C)Oc1ccc(OI)c(CCI)c1. The lowest BCUT2D eigenvalue weighted by Crippen LogP contribution is -2.05. The fourth-order valence-electron chi connectivity index (χ4n) is 1.27. The molecule has 0 saturated carbocycles. The molecule has 0 aromatic heterocycles. The average Bonchev–Trinajstić information content (AvgIpc) is 2.18. The van der Waals surface area contributed by atoms with Gasteiger partial charge in [0.15, 0.2) is 23.0 Å². The van der Waals surface area contributed by atoms with Gasteiger partial charge in [0.25, 0.3) is 0 Å². The highest BCUT2D eigenvalue weighted by Gasteiger charge is 2.06. The first-order chi connectivity index (χ1) is 7.17. The van der Waals surface area contributed by atoms with Crippen LogP contribution in [-0.4, -0.2) is 10.5 Å². The lowest BCUT2D eigenvalue weighted by Gasteiger charge is -2.12. The summed E-state index contributed by atoms with van der Waals surface area (Å²) in [5, 5.41) is 0. The van der Waals surface area contributed by atoms with Gasteiger partial charge in [0.1, 0.15) is 11.5 Å². The lowest BCUT2D eigenvalue weighted by atomic mass is 10.1. The fourth-order valence-corrected chi connectivity index (χ4v) is 2.28. The molecule has 1 rings (SSSR count). The highest BCUT2D eigenvalue weighted by Crippen LogP contribution is 2.27. The summed E-state index contributed by atoms with van der Waals surface area (Å²) in [5.74, 6) is 1.85. The van der Waals surface area contributed by atoms with Crippen molar-refractivity contribution in [2.24, 2.45) is 0 Å². The molecule has 4 heteroatoms. The van der Waals surface area contributed by atoms with Gasteiger partial charge in [-0.2, -0.15) is 0 Å². The molecule has 84 valence electrons. The van der Waals surface area contributed by atoms with Crippen molar-refractivity contribution in [1.29, 1.82) is 0 Å². The molecule has 0 saturated heterocycles. The minimum Gasteiger partial charge on any atom is -0.491 e. The van der Waals surface area contributed by atoms with Crippen molar-refractivity contribution in [1.82, 2.24) is 0 Å². The van der Waals surface area contributed by atoms with E-state index in [4.69, 9.17) is 7.80 Å². The van der Waals surface area contributed by atoms with Crippen LogP contribution >= 0.6 is 45.6 Å². The van der Waals surface area contributed by atoms with E-state index in [0.717, 1.165) is 22.3 Å². The number of benzene rings is 1. The zero-order valence-electron chi connectivity index (χ0n) is 8.80. The number of hydrogen-bond acceptors (Lipinski definition) is 2. The normalized spacial score (nSPS) is 10.5. The van der Waals surface area contributed by atoms with E-state index in [2.05, 4.69) is 28.7 Å². The second kappa shape index (κ2) is 6.78. The Labute approximate surface area is 119 Å². The molecule has 0 fully saturated rings. The van der Waals surface area contributed by atoms with Crippen molar-refractivity contribution in [2.75, 3.05) is 4.43 Å². The number of ether oxygens (including phenoxy) is 1. The van der Waals surface area contributed by atoms with Crippen molar-refractivity contribution in [2.45, 2.75) is 26.4 Å². The van der Waals surface area contributed by atoms with Crippen molar-refractivity contribution in [3.63, 3.8) is 0 Å². The third-order valence-electron chi connectivity index (χ3n) is 1.85. The summed E-state index contributed by atoms with van der Waals surface area (Å²) in [6.07, 6.45) is 1.22. The smallest absolute Gasteiger partial charge is 0.192 e. The van der Waals surface area contributed by atoms with Crippen LogP contribution in [0.25, 0.3) is 0 Å². The number of aryl methyl sites for hydroxylation is 1. The maximum atomic E-state index is 5.64. The van der Waals surface area contributed by atoms with Crippen molar-refractivity contribution < 1.29 is 7.80 Å². The molecule has 0 unspecified atom stereocenters. The molecule has 0 amide bonds. The van der Waals surface area contributed by atoms with Gasteiger partial charge < -0.3 is 7.80 Å². The topological polar surface area (TPSA) is 18.5 Å². The fraction of sp³-hybridized carbons (Fsp3) is 0.455. The molecule has 0 aliphatic carbocycles. The Morgan fingerprint density at radius 2 is 2.07 bits per heavy atom. The van der Waals surface area contributed by atoms with Gasteiger partial charge in [-0.3, -0.25) is 0 Å². The Morgan fingerprint density at radius 3 is 2.60 bits per heavy atom. The summed E-state index contributed by atoms with van der Waals surface area (Å²) in [7, 11) is 0. The van der Waals surface area contributed by atoms with E-state index < -0.39 is 0 Å². The molecule has 0 heterocycles. The largest absolute Gasteiger partial charge is 0.491 e. The Morgan fingerprint density at radius 1 is 1.33 bits per heavy atom. The third-order valence-corrected chi connectivity index (χ3v) is 2.86. The van der Waals surface area contributed by atoms with Gasteiger partial charge in [0.2, 0.25) is 0 Å². The predicted octanol–water partition coefficient (Wildman–Crippen LogP) is 4.18. The quantitative estimate of drug-likeness (QED) is 0.514. The Hall–Kier alpha value is 0.280. The molecule has 0 bridgehead atoms. The van der Waals surface area contributed by atoms with Crippen LogP contribution in [0.4, 0.5) is 0 Å². The molecule has 0 N–H and O–H groups in total. The highest BCUT2D eigenvalue weighted by atomic mass is 127. The zero-order chi connectivity index (χ0) is 11.3. The standard InChI is InChI=1S/C11H14I2O2/c1-8(2)14-10-3-4-11(15-13)9(7-10)5-6-12/h3-4,7-8H,5-6H2,1-2H3. The Bertz CT molecular complexity index is 313. The lowest BCUT2D eigenvalue weighted by molar-refractivity contribution is 0.242. The number of alkyl halides is 1. The van der Waals surface area contributed by atoms with Gasteiger partial charge in [-0.15, -0.1) is 0 Å². The van der Waals surface area contributed by atoms with Crippen LogP contribution in [-0.2, 0) is 6.42 Å². The van der Waals surface area contributed by atoms with Gasteiger partial charge in [-0.25, -0.2) is 0 Å². The monoisotopic (exact) mass is 432 g/mol. The van der Waals surface area contributed by atoms with E-state index in [1.54, 1.807) is 0 Å². The van der Waals surface area contributed by atoms with E-state index in [9.17, 15) is 0 Å². The van der Waals surface area contributed by atoms with Crippen molar-refractivity contribution in [3.8, 4) is 11.5 Å². The molecule has 0 aliphatic rings. The van der Waals surface area contributed by atoms with E-state index in [1.165, 1.54) is 5.56 Å². The Balaban J connectivity index is 2.88. The Kier molecular flexibility index (Phi) is 6.03. The molecule has 2 nitrogen and oxygen atoms in total. The summed E-state index contributed by atoms with van der Waals surface area (Å²) in [6.45, 7) is 4.06. The maximum Gasteiger partial charge on any atom is 0.192 e. The molecule has 15 heavy (non-hydrogen) atoms. The maximum absolute atomic E-state index is 5.64. The minimum absolute atomic E-state index is 0.212. The second-order valence-electron chi connectivity index (χ2n) is 3.45. The molecule has 1 aromatic rings. The first-order valence-electron chi connectivity index (χ1n) is 4.81. The molecular weight excluding hydrogens is 418 g/mol. The summed E-state index contributed by atoms with van der Waals surface area (Å²) in [4.78, 5) is 0. The predicted molar refractivity (Wildman–Crippen MR) is 79.4 cm³/mol. The van der Waals surface area contributed by atoms with E-state index in [-0.39, 0.29) is 6.10 Å². The van der Waals surface area contributed by atoms with Crippen molar-refractivity contribution >= 4 is 45.6 Å². The molecule has 0 spiro atoms. The molecule has 0 atom stereocenters. The van der Waals surface area contributed by atoms with E-state index >= 15 is 0 Å². The van der Waals surface area contributed by atoms with Crippen LogP contribution in [0.1, 0.15) is 19.4 Å². The van der Waals surface area contributed by atoms with E-state index in [1.807, 2.05) is 49.0 Å². The van der Waals surface area contributed by atoms with Gasteiger partial charge >= 0.3 is 0 Å². The van der Waals surface area contributed by atoms with Gasteiger partial charge in [0.05, 0.1) is 6.10 Å². The first kappa shape index (κ1) is 13.3. The molecule has 0 radical (unpaired) electrons. The van der Waals surface area contributed by atoms with Gasteiger partial charge in [-0.1, -0.05) is 22.6 Å². The second-order valence-corrected chi connectivity index (χ2v) is 4.97. The van der Waals surface area contributed by atoms with Crippen LogP contribution in [0.15, 0.2) is 18.2 Å². The van der Waals surface area contributed by atoms with Crippen LogP contribution in [0.2, 0.25) is 0 Å². The molecule has 1 aromatic carbocycles. The molecule has 0 aliphatic heterocycles. The summed E-state index contributed by atoms with van der Waals surface area (Å²) in [6, 6.07) is 5.98. The van der Waals surface area contributed by atoms with Crippen LogP contribution in [0.5, 0.6) is 11.5 Å². The van der Waals surface area contributed by atoms with Gasteiger partial charge in [-0.05, 0) is 44.0 Å². The summed E-state index contributed by atoms with van der Waals surface area (Å²) < 4.78 is 12.0. The highest BCUT2D eigenvalue weighted by molar-refractivity contribution is 14.1. The zero-order valence-corrected chi connectivity index (χ0v) is 13.1. The molecular formula is C11H14I2O2.